The van der Waals surface area contributed by atoms with Gasteiger partial charge in [0.1, 0.15) is 11.6 Å². The molecule has 4 unspecified atom stereocenters. The van der Waals surface area contributed by atoms with E-state index in [4.69, 9.17) is 0 Å². The van der Waals surface area contributed by atoms with Crippen LogP contribution in [0.2, 0.25) is 0 Å². The van der Waals surface area contributed by atoms with Crippen molar-refractivity contribution >= 4 is 10.8 Å². The van der Waals surface area contributed by atoms with Crippen LogP contribution < -0.4 is 0 Å². The van der Waals surface area contributed by atoms with Crippen molar-refractivity contribution in [2.45, 2.75) is 84.0 Å². The summed E-state index contributed by atoms with van der Waals surface area (Å²) in [6.07, 6.45) is 15.6. The molecule has 2 aliphatic carbocycles. The Hall–Kier alpha value is -1.70. The van der Waals surface area contributed by atoms with Gasteiger partial charge in [0.2, 0.25) is 0 Å². The summed E-state index contributed by atoms with van der Waals surface area (Å²) in [6, 6.07) is 7.27. The Balaban J connectivity index is 1.52. The van der Waals surface area contributed by atoms with Crippen LogP contribution in [0.15, 0.2) is 36.4 Å². The lowest BCUT2D eigenvalue weighted by molar-refractivity contribution is 0.113. The van der Waals surface area contributed by atoms with E-state index in [-0.39, 0.29) is 17.6 Å². The predicted octanol–water partition coefficient (Wildman–Crippen LogP) is 8.73. The molecule has 0 radical (unpaired) electrons. The van der Waals surface area contributed by atoms with E-state index in [2.05, 4.69) is 6.92 Å². The first-order chi connectivity index (χ1) is 14.6. The number of hydrogen-bond donors (Lipinski definition) is 0. The lowest BCUT2D eigenvalue weighted by Gasteiger charge is -2.42. The standard InChI is InChI=1S/C28H36F2/c1-3-5-6-8-20-11-13-24-17-25(27(29)18-26(24)28(20)30)23-14-12-21-15-19(7-4-2)9-10-22(21)16-23/h3,5,11,13,17-19,21-23H,4,6-10,12,14-16H2,1-2H3/b5-3+. The average Bonchev–Trinajstić information content (AvgIpc) is 2.75. The number of aryl methyl sites for hydroxylation is 1. The molecule has 4 rings (SSSR count). The van der Waals surface area contributed by atoms with Gasteiger partial charge in [0.15, 0.2) is 0 Å². The van der Waals surface area contributed by atoms with E-state index < -0.39 is 0 Å². The third kappa shape index (κ3) is 4.48. The fourth-order valence-corrected chi connectivity index (χ4v) is 6.22. The number of allylic oxidation sites excluding steroid dienone is 2. The van der Waals surface area contributed by atoms with Crippen molar-refractivity contribution in [3.05, 3.63) is 59.2 Å². The fourth-order valence-electron chi connectivity index (χ4n) is 6.22. The number of benzene rings is 2. The lowest BCUT2D eigenvalue weighted by Crippen LogP contribution is -2.30. The van der Waals surface area contributed by atoms with E-state index in [0.717, 1.165) is 48.0 Å². The van der Waals surface area contributed by atoms with Crippen LogP contribution in [0.3, 0.4) is 0 Å². The van der Waals surface area contributed by atoms with Gasteiger partial charge >= 0.3 is 0 Å². The van der Waals surface area contributed by atoms with Gasteiger partial charge < -0.3 is 0 Å². The molecule has 0 bridgehead atoms. The summed E-state index contributed by atoms with van der Waals surface area (Å²) in [5, 5.41) is 1.27. The zero-order valence-electron chi connectivity index (χ0n) is 18.6. The van der Waals surface area contributed by atoms with Gasteiger partial charge in [-0.15, -0.1) is 0 Å². The minimum absolute atomic E-state index is 0.213. The number of hydrogen-bond acceptors (Lipinski definition) is 0. The molecule has 2 aromatic rings. The summed E-state index contributed by atoms with van der Waals surface area (Å²) >= 11 is 0. The molecule has 2 aromatic carbocycles. The van der Waals surface area contributed by atoms with Crippen molar-refractivity contribution in [2.75, 3.05) is 0 Å². The molecule has 0 aromatic heterocycles. The van der Waals surface area contributed by atoms with Gasteiger partial charge in [0, 0.05) is 5.39 Å². The van der Waals surface area contributed by atoms with Crippen molar-refractivity contribution in [3.8, 4) is 0 Å². The van der Waals surface area contributed by atoms with E-state index in [1.54, 1.807) is 0 Å². The van der Waals surface area contributed by atoms with E-state index in [9.17, 15) is 4.39 Å². The average molecular weight is 411 g/mol. The topological polar surface area (TPSA) is 0 Å². The largest absolute Gasteiger partial charge is 0.207 e. The molecule has 0 amide bonds. The number of fused-ring (bicyclic) bond motifs is 2. The second-order valence-electron chi connectivity index (χ2n) is 9.74. The molecule has 0 spiro atoms. The van der Waals surface area contributed by atoms with Crippen LogP contribution in [0.4, 0.5) is 8.78 Å². The summed E-state index contributed by atoms with van der Waals surface area (Å²) in [7, 11) is 0. The van der Waals surface area contributed by atoms with Crippen LogP contribution in [0.25, 0.3) is 10.8 Å². The van der Waals surface area contributed by atoms with Crippen molar-refractivity contribution in [3.63, 3.8) is 0 Å². The van der Waals surface area contributed by atoms with Gasteiger partial charge in [0.25, 0.3) is 0 Å². The molecule has 2 saturated carbocycles. The van der Waals surface area contributed by atoms with Gasteiger partial charge in [-0.1, -0.05) is 50.5 Å². The van der Waals surface area contributed by atoms with Gasteiger partial charge in [0.05, 0.1) is 0 Å². The van der Waals surface area contributed by atoms with Crippen LogP contribution in [-0.4, -0.2) is 0 Å². The van der Waals surface area contributed by atoms with Gasteiger partial charge in [-0.2, -0.15) is 0 Å². The molecule has 2 heteroatoms. The minimum Gasteiger partial charge on any atom is -0.207 e. The minimum atomic E-state index is -0.250. The molecule has 2 aliphatic rings. The molecule has 30 heavy (non-hydrogen) atoms. The van der Waals surface area contributed by atoms with E-state index >= 15 is 4.39 Å². The summed E-state index contributed by atoms with van der Waals surface area (Å²) in [6.45, 7) is 4.26. The molecule has 4 atom stereocenters. The highest BCUT2D eigenvalue weighted by Crippen LogP contribution is 2.49. The maximum absolute atomic E-state index is 15.1. The van der Waals surface area contributed by atoms with Gasteiger partial charge in [-0.25, -0.2) is 8.78 Å². The SMILES string of the molecule is C/C=C/CCc1ccc2cc(C3CCC4CC(CCC)CCC4C3)c(F)cc2c1F. The molecule has 0 heterocycles. The van der Waals surface area contributed by atoms with Crippen LogP contribution in [-0.2, 0) is 6.42 Å². The predicted molar refractivity (Wildman–Crippen MR) is 123 cm³/mol. The summed E-state index contributed by atoms with van der Waals surface area (Å²) in [4.78, 5) is 0. The van der Waals surface area contributed by atoms with Crippen LogP contribution >= 0.6 is 0 Å². The Kier molecular flexibility index (Phi) is 6.91. The lowest BCUT2D eigenvalue weighted by atomic mass is 9.63. The summed E-state index contributed by atoms with van der Waals surface area (Å²) in [5.74, 6) is 2.33. The molecular weight excluding hydrogens is 374 g/mol. The quantitative estimate of drug-likeness (QED) is 0.418. The third-order valence-electron chi connectivity index (χ3n) is 7.83. The molecule has 0 N–H and O–H groups in total. The smallest absolute Gasteiger partial charge is 0.134 e. The van der Waals surface area contributed by atoms with Crippen molar-refractivity contribution in [2.24, 2.45) is 17.8 Å². The first-order valence-electron chi connectivity index (χ1n) is 12.1. The molecule has 162 valence electrons. The highest BCUT2D eigenvalue weighted by molar-refractivity contribution is 5.85. The van der Waals surface area contributed by atoms with Gasteiger partial charge in [-0.3, -0.25) is 0 Å². The maximum Gasteiger partial charge on any atom is 0.134 e. The van der Waals surface area contributed by atoms with E-state index in [1.807, 2.05) is 37.3 Å². The zero-order valence-corrected chi connectivity index (χ0v) is 18.6. The first kappa shape index (κ1) is 21.5. The van der Waals surface area contributed by atoms with Crippen LogP contribution in [0, 0.1) is 29.4 Å². The van der Waals surface area contributed by atoms with Crippen molar-refractivity contribution in [1.82, 2.24) is 0 Å². The van der Waals surface area contributed by atoms with Crippen molar-refractivity contribution < 1.29 is 8.78 Å². The Morgan fingerprint density at radius 1 is 1.00 bits per heavy atom. The van der Waals surface area contributed by atoms with Gasteiger partial charge in [-0.05, 0) is 104 Å². The van der Waals surface area contributed by atoms with Crippen molar-refractivity contribution in [1.29, 1.82) is 0 Å². The maximum atomic E-state index is 15.1. The highest BCUT2D eigenvalue weighted by atomic mass is 19.1. The Morgan fingerprint density at radius 3 is 2.60 bits per heavy atom. The summed E-state index contributed by atoms with van der Waals surface area (Å²) in [5.41, 5.74) is 1.50. The van der Waals surface area contributed by atoms with E-state index in [0.29, 0.717) is 17.4 Å². The van der Waals surface area contributed by atoms with Crippen LogP contribution in [0.5, 0.6) is 0 Å². The first-order valence-corrected chi connectivity index (χ1v) is 12.1. The number of rotatable bonds is 6. The Bertz CT molecular complexity index is 897. The second kappa shape index (κ2) is 9.62. The molecule has 0 saturated heterocycles. The molecule has 0 aliphatic heterocycles. The van der Waals surface area contributed by atoms with Crippen LogP contribution in [0.1, 0.15) is 88.7 Å². The Morgan fingerprint density at radius 2 is 1.80 bits per heavy atom. The molecule has 2 fully saturated rings. The summed E-state index contributed by atoms with van der Waals surface area (Å²) < 4.78 is 30.1. The molecular formula is C28H36F2. The highest BCUT2D eigenvalue weighted by Gasteiger charge is 2.36. The fraction of sp³-hybridized carbons (Fsp3) is 0.571. The number of halogens is 2. The second-order valence-corrected chi connectivity index (χ2v) is 9.74. The zero-order chi connectivity index (χ0) is 21.1. The molecule has 0 nitrogen and oxygen atoms in total. The Labute approximate surface area is 180 Å². The third-order valence-corrected chi connectivity index (χ3v) is 7.83. The monoisotopic (exact) mass is 410 g/mol. The normalized spacial score (nSPS) is 26.9. The van der Waals surface area contributed by atoms with E-state index in [1.165, 1.54) is 44.6 Å².